The van der Waals surface area contributed by atoms with Gasteiger partial charge in [0.05, 0.1) is 11.9 Å². The van der Waals surface area contributed by atoms with Crippen LogP contribution in [0.1, 0.15) is 30.9 Å². The van der Waals surface area contributed by atoms with Crippen LogP contribution in [0.25, 0.3) is 0 Å². The fraction of sp³-hybridized carbons (Fsp3) is 0.440. The van der Waals surface area contributed by atoms with Crippen molar-refractivity contribution in [3.05, 3.63) is 53.6 Å². The minimum Gasteiger partial charge on any atom is -0.486 e. The fourth-order valence-corrected chi connectivity index (χ4v) is 4.95. The zero-order valence-corrected chi connectivity index (χ0v) is 21.4. The number of benzene rings is 2. The van der Waals surface area contributed by atoms with Gasteiger partial charge in [0.25, 0.3) is 0 Å². The summed E-state index contributed by atoms with van der Waals surface area (Å²) in [5, 5.41) is 2.60. The number of nitrogens with zero attached hydrogens (tertiary/aromatic N) is 2. The lowest BCUT2D eigenvalue weighted by Crippen LogP contribution is -2.46. The number of fused-ring (bicyclic) bond motifs is 1. The van der Waals surface area contributed by atoms with Gasteiger partial charge < -0.3 is 19.7 Å². The Morgan fingerprint density at radius 1 is 1.09 bits per heavy atom. The van der Waals surface area contributed by atoms with Gasteiger partial charge in [0.2, 0.25) is 21.8 Å². The first kappa shape index (κ1) is 26.3. The number of sulfonamides is 1. The van der Waals surface area contributed by atoms with Crippen molar-refractivity contribution in [2.75, 3.05) is 37.4 Å². The Bertz CT molecular complexity index is 1170. The molecule has 1 heterocycles. The SMILES string of the molecule is CNC(=O)[C@H](C)N(Cc1cccc(C)c1)C(=O)CCCN(c1ccc2c(c1)OCCO2)S(C)(=O)=O. The number of nitrogens with one attached hydrogen (secondary N) is 1. The summed E-state index contributed by atoms with van der Waals surface area (Å²) >= 11 is 0. The van der Waals surface area contributed by atoms with E-state index in [1.807, 2.05) is 31.2 Å². The third-order valence-electron chi connectivity index (χ3n) is 5.82. The van der Waals surface area contributed by atoms with Gasteiger partial charge in [0, 0.05) is 32.6 Å². The van der Waals surface area contributed by atoms with Gasteiger partial charge >= 0.3 is 0 Å². The van der Waals surface area contributed by atoms with Gasteiger partial charge in [-0.2, -0.15) is 0 Å². The van der Waals surface area contributed by atoms with E-state index in [2.05, 4.69) is 5.32 Å². The van der Waals surface area contributed by atoms with E-state index in [9.17, 15) is 18.0 Å². The van der Waals surface area contributed by atoms with E-state index < -0.39 is 16.1 Å². The second-order valence-electron chi connectivity index (χ2n) is 8.57. The van der Waals surface area contributed by atoms with Crippen molar-refractivity contribution in [2.24, 2.45) is 0 Å². The van der Waals surface area contributed by atoms with E-state index in [0.717, 1.165) is 17.4 Å². The minimum atomic E-state index is -3.60. The number of likely N-dealkylation sites (N-methyl/N-ethyl adjacent to an activating group) is 1. The Kier molecular flexibility index (Phi) is 8.61. The minimum absolute atomic E-state index is 0.0870. The van der Waals surface area contributed by atoms with Crippen LogP contribution in [0.2, 0.25) is 0 Å². The van der Waals surface area contributed by atoms with Crippen LogP contribution in [-0.4, -0.2) is 64.2 Å². The predicted octanol–water partition coefficient (Wildman–Crippen LogP) is 2.48. The first-order valence-electron chi connectivity index (χ1n) is 11.5. The van der Waals surface area contributed by atoms with Crippen LogP contribution >= 0.6 is 0 Å². The smallest absolute Gasteiger partial charge is 0.242 e. The van der Waals surface area contributed by atoms with Crippen molar-refractivity contribution in [3.63, 3.8) is 0 Å². The zero-order chi connectivity index (χ0) is 25.6. The van der Waals surface area contributed by atoms with E-state index in [1.165, 1.54) is 16.3 Å². The molecule has 0 aliphatic carbocycles. The molecule has 0 fully saturated rings. The normalized spacial score (nSPS) is 13.6. The molecule has 0 unspecified atom stereocenters. The third-order valence-corrected chi connectivity index (χ3v) is 7.01. The number of hydrogen-bond acceptors (Lipinski definition) is 6. The summed E-state index contributed by atoms with van der Waals surface area (Å²) < 4.78 is 37.4. The summed E-state index contributed by atoms with van der Waals surface area (Å²) in [6.07, 6.45) is 1.50. The van der Waals surface area contributed by atoms with Gasteiger partial charge in [0.1, 0.15) is 19.3 Å². The number of anilines is 1. The molecule has 190 valence electrons. The van der Waals surface area contributed by atoms with Gasteiger partial charge in [-0.15, -0.1) is 0 Å². The Hall–Kier alpha value is -3.27. The van der Waals surface area contributed by atoms with Crippen LogP contribution < -0.4 is 19.1 Å². The van der Waals surface area contributed by atoms with E-state index in [-0.39, 0.29) is 37.7 Å². The molecule has 1 atom stereocenters. The highest BCUT2D eigenvalue weighted by Crippen LogP contribution is 2.34. The van der Waals surface area contributed by atoms with Crippen LogP contribution in [-0.2, 0) is 26.2 Å². The van der Waals surface area contributed by atoms with Crippen LogP contribution in [0.4, 0.5) is 5.69 Å². The maximum Gasteiger partial charge on any atom is 0.242 e. The number of carbonyl (C=O) groups excluding carboxylic acids is 2. The van der Waals surface area contributed by atoms with Crippen LogP contribution in [0, 0.1) is 6.92 Å². The maximum absolute atomic E-state index is 13.2. The van der Waals surface area contributed by atoms with Crippen molar-refractivity contribution < 1.29 is 27.5 Å². The number of carbonyl (C=O) groups is 2. The lowest BCUT2D eigenvalue weighted by atomic mass is 10.1. The third kappa shape index (κ3) is 6.88. The Morgan fingerprint density at radius 3 is 2.46 bits per heavy atom. The molecule has 1 aliphatic rings. The monoisotopic (exact) mass is 503 g/mol. The van der Waals surface area contributed by atoms with Crippen LogP contribution in [0.15, 0.2) is 42.5 Å². The fourth-order valence-electron chi connectivity index (χ4n) is 3.99. The van der Waals surface area contributed by atoms with Crippen molar-refractivity contribution in [3.8, 4) is 11.5 Å². The van der Waals surface area contributed by atoms with Gasteiger partial charge in [-0.1, -0.05) is 29.8 Å². The molecule has 0 bridgehead atoms. The molecule has 2 amide bonds. The molecule has 0 spiro atoms. The average molecular weight is 504 g/mol. The van der Waals surface area contributed by atoms with Crippen LogP contribution in [0.3, 0.4) is 0 Å². The molecule has 1 N–H and O–H groups in total. The highest BCUT2D eigenvalue weighted by molar-refractivity contribution is 7.92. The van der Waals surface area contributed by atoms with Crippen molar-refractivity contribution in [2.45, 2.75) is 39.3 Å². The second kappa shape index (κ2) is 11.4. The molecule has 9 nitrogen and oxygen atoms in total. The number of ether oxygens (including phenoxy) is 2. The average Bonchev–Trinajstić information content (AvgIpc) is 2.83. The maximum atomic E-state index is 13.2. The summed E-state index contributed by atoms with van der Waals surface area (Å²) in [5.41, 5.74) is 2.42. The van der Waals surface area contributed by atoms with Crippen molar-refractivity contribution in [1.29, 1.82) is 0 Å². The highest BCUT2D eigenvalue weighted by Gasteiger charge is 2.26. The summed E-state index contributed by atoms with van der Waals surface area (Å²) in [6.45, 7) is 4.88. The highest BCUT2D eigenvalue weighted by atomic mass is 32.2. The van der Waals surface area contributed by atoms with E-state index in [0.29, 0.717) is 30.4 Å². The Labute approximate surface area is 207 Å². The zero-order valence-electron chi connectivity index (χ0n) is 20.6. The van der Waals surface area contributed by atoms with Gasteiger partial charge in [-0.25, -0.2) is 8.42 Å². The van der Waals surface area contributed by atoms with E-state index in [4.69, 9.17) is 9.47 Å². The lowest BCUT2D eigenvalue weighted by molar-refractivity contribution is -0.140. The Morgan fingerprint density at radius 2 is 1.80 bits per heavy atom. The summed E-state index contributed by atoms with van der Waals surface area (Å²) in [7, 11) is -2.07. The Balaban J connectivity index is 1.72. The summed E-state index contributed by atoms with van der Waals surface area (Å²) in [4.78, 5) is 27.0. The number of amides is 2. The lowest BCUT2D eigenvalue weighted by Gasteiger charge is -2.29. The standard InChI is InChI=1S/C25H33N3O6S/c1-18-7-5-8-20(15-18)17-27(19(2)25(30)26-3)24(29)9-6-12-28(35(4,31)32)21-10-11-22-23(16-21)34-14-13-33-22/h5,7-8,10-11,15-16,19H,6,9,12-14,17H2,1-4H3,(H,26,30)/t19-/m0/s1. The number of rotatable bonds is 10. The molecule has 3 rings (SSSR count). The van der Waals surface area contributed by atoms with Gasteiger partial charge in [-0.05, 0) is 38.0 Å². The number of hydrogen-bond donors (Lipinski definition) is 1. The first-order valence-corrected chi connectivity index (χ1v) is 13.4. The molecule has 35 heavy (non-hydrogen) atoms. The van der Waals surface area contributed by atoms with Crippen molar-refractivity contribution in [1.82, 2.24) is 10.2 Å². The molecule has 0 saturated heterocycles. The van der Waals surface area contributed by atoms with Gasteiger partial charge in [-0.3, -0.25) is 13.9 Å². The quantitative estimate of drug-likeness (QED) is 0.534. The molecule has 0 aromatic heterocycles. The molecule has 10 heteroatoms. The van der Waals surface area contributed by atoms with E-state index in [1.54, 1.807) is 25.1 Å². The molecule has 2 aromatic rings. The van der Waals surface area contributed by atoms with Crippen molar-refractivity contribution >= 4 is 27.5 Å². The molecule has 0 saturated carbocycles. The predicted molar refractivity (Wildman–Crippen MR) is 134 cm³/mol. The van der Waals surface area contributed by atoms with Crippen LogP contribution in [0.5, 0.6) is 11.5 Å². The summed E-state index contributed by atoms with van der Waals surface area (Å²) in [5.74, 6) is 0.569. The number of aryl methyl sites for hydroxylation is 1. The molecule has 0 radical (unpaired) electrons. The molecule has 1 aliphatic heterocycles. The largest absolute Gasteiger partial charge is 0.486 e. The van der Waals surface area contributed by atoms with Gasteiger partial charge in [0.15, 0.2) is 11.5 Å². The molecular weight excluding hydrogens is 470 g/mol. The topological polar surface area (TPSA) is 105 Å². The first-order chi connectivity index (χ1) is 16.6. The summed E-state index contributed by atoms with van der Waals surface area (Å²) in [6, 6.07) is 12.1. The second-order valence-corrected chi connectivity index (χ2v) is 10.5. The van der Waals surface area contributed by atoms with E-state index >= 15 is 0 Å². The molecule has 2 aromatic carbocycles. The molecular formula is C25H33N3O6S.